The van der Waals surface area contributed by atoms with Crippen LogP contribution in [-0.2, 0) is 0 Å². The van der Waals surface area contributed by atoms with E-state index in [2.05, 4.69) is 24.3 Å². The fraction of sp³-hybridized carbons (Fsp3) is 0.250. The fourth-order valence-corrected chi connectivity index (χ4v) is 2.12. The van der Waals surface area contributed by atoms with Gasteiger partial charge in [-0.1, -0.05) is 30.3 Å². The monoisotopic (exact) mass is 242 g/mol. The third-order valence-corrected chi connectivity index (χ3v) is 2.91. The molecule has 18 heavy (non-hydrogen) atoms. The molecule has 2 aromatic carbocycles. The smallest absolute Gasteiger partial charge is 0.125 e. The van der Waals surface area contributed by atoms with Crippen LogP contribution in [0.2, 0.25) is 0 Å². The van der Waals surface area contributed by atoms with E-state index in [0.29, 0.717) is 6.61 Å². The molecular formula is C16H18O2. The number of benzene rings is 2. The second kappa shape index (κ2) is 5.69. The summed E-state index contributed by atoms with van der Waals surface area (Å²) >= 11 is 0. The molecule has 0 amide bonds. The van der Waals surface area contributed by atoms with Crippen molar-refractivity contribution in [2.45, 2.75) is 13.8 Å². The first-order valence-electron chi connectivity index (χ1n) is 6.12. The van der Waals surface area contributed by atoms with Gasteiger partial charge in [-0.15, -0.1) is 0 Å². The summed E-state index contributed by atoms with van der Waals surface area (Å²) in [6.07, 6.45) is 0. The van der Waals surface area contributed by atoms with Gasteiger partial charge in [0.1, 0.15) is 12.4 Å². The Kier molecular flexibility index (Phi) is 4.00. The van der Waals surface area contributed by atoms with Crippen molar-refractivity contribution in [2.24, 2.45) is 0 Å². The standard InChI is InChI=1S/C16H18O2/c1-12-10-15(14-6-4-3-5-7-14)11-13(2)16(12)18-9-8-17/h3-7,10-11,17H,8-9H2,1-2H3. The van der Waals surface area contributed by atoms with Crippen molar-refractivity contribution in [3.63, 3.8) is 0 Å². The predicted octanol–water partition coefficient (Wildman–Crippen LogP) is 3.34. The van der Waals surface area contributed by atoms with Crippen LogP contribution in [0.1, 0.15) is 11.1 Å². The van der Waals surface area contributed by atoms with Crippen LogP contribution in [-0.4, -0.2) is 18.3 Å². The molecule has 0 aromatic heterocycles. The Balaban J connectivity index is 2.36. The molecule has 0 aliphatic heterocycles. The van der Waals surface area contributed by atoms with Crippen LogP contribution < -0.4 is 4.74 Å². The average Bonchev–Trinajstić information content (AvgIpc) is 2.39. The summed E-state index contributed by atoms with van der Waals surface area (Å²) in [5.74, 6) is 0.878. The predicted molar refractivity (Wildman–Crippen MR) is 73.9 cm³/mol. The first kappa shape index (κ1) is 12.7. The number of rotatable bonds is 4. The summed E-state index contributed by atoms with van der Waals surface area (Å²) in [6, 6.07) is 14.5. The molecule has 1 N–H and O–H groups in total. The van der Waals surface area contributed by atoms with Gasteiger partial charge in [0.15, 0.2) is 0 Å². The number of hydrogen-bond acceptors (Lipinski definition) is 2. The van der Waals surface area contributed by atoms with Gasteiger partial charge in [0, 0.05) is 0 Å². The van der Waals surface area contributed by atoms with Crippen LogP contribution in [0.15, 0.2) is 42.5 Å². The summed E-state index contributed by atoms with van der Waals surface area (Å²) in [5.41, 5.74) is 4.60. The molecule has 0 spiro atoms. The number of aryl methyl sites for hydroxylation is 2. The Morgan fingerprint density at radius 1 is 0.944 bits per heavy atom. The lowest BCUT2D eigenvalue weighted by atomic mass is 10.00. The minimum atomic E-state index is 0.0410. The van der Waals surface area contributed by atoms with Crippen molar-refractivity contribution in [2.75, 3.05) is 13.2 Å². The zero-order valence-electron chi connectivity index (χ0n) is 10.8. The van der Waals surface area contributed by atoms with Crippen molar-refractivity contribution in [3.8, 4) is 16.9 Å². The molecule has 0 heterocycles. The van der Waals surface area contributed by atoms with Gasteiger partial charge >= 0.3 is 0 Å². The molecule has 2 nitrogen and oxygen atoms in total. The van der Waals surface area contributed by atoms with E-state index in [4.69, 9.17) is 9.84 Å². The maximum atomic E-state index is 8.82. The van der Waals surface area contributed by atoms with Crippen molar-refractivity contribution < 1.29 is 9.84 Å². The average molecular weight is 242 g/mol. The highest BCUT2D eigenvalue weighted by atomic mass is 16.5. The summed E-state index contributed by atoms with van der Waals surface area (Å²) in [6.45, 7) is 4.45. The van der Waals surface area contributed by atoms with Gasteiger partial charge in [-0.2, -0.15) is 0 Å². The van der Waals surface area contributed by atoms with Gasteiger partial charge in [0.2, 0.25) is 0 Å². The van der Waals surface area contributed by atoms with Crippen LogP contribution in [0.25, 0.3) is 11.1 Å². The molecule has 0 bridgehead atoms. The quantitative estimate of drug-likeness (QED) is 0.891. The zero-order chi connectivity index (χ0) is 13.0. The lowest BCUT2D eigenvalue weighted by molar-refractivity contribution is 0.200. The molecule has 2 rings (SSSR count). The van der Waals surface area contributed by atoms with Crippen molar-refractivity contribution >= 4 is 0 Å². The molecule has 0 radical (unpaired) electrons. The normalized spacial score (nSPS) is 10.4. The first-order valence-corrected chi connectivity index (χ1v) is 6.12. The van der Waals surface area contributed by atoms with Gasteiger partial charge in [-0.05, 0) is 48.2 Å². The molecular weight excluding hydrogens is 224 g/mol. The topological polar surface area (TPSA) is 29.5 Å². The highest BCUT2D eigenvalue weighted by Crippen LogP contribution is 2.29. The van der Waals surface area contributed by atoms with E-state index in [1.165, 1.54) is 11.1 Å². The van der Waals surface area contributed by atoms with Crippen molar-refractivity contribution in [1.82, 2.24) is 0 Å². The second-order valence-corrected chi connectivity index (χ2v) is 4.38. The number of hydrogen-bond donors (Lipinski definition) is 1. The minimum absolute atomic E-state index is 0.0410. The number of aliphatic hydroxyl groups is 1. The van der Waals surface area contributed by atoms with Gasteiger partial charge < -0.3 is 9.84 Å². The Labute approximate surface area is 108 Å². The van der Waals surface area contributed by atoms with Crippen LogP contribution in [0.4, 0.5) is 0 Å². The molecule has 0 aliphatic carbocycles. The number of ether oxygens (including phenoxy) is 1. The molecule has 0 unspecified atom stereocenters. The summed E-state index contributed by atoms with van der Waals surface area (Å²) in [4.78, 5) is 0. The van der Waals surface area contributed by atoms with E-state index in [0.717, 1.165) is 16.9 Å². The van der Waals surface area contributed by atoms with E-state index in [9.17, 15) is 0 Å². The summed E-state index contributed by atoms with van der Waals surface area (Å²) < 4.78 is 5.56. The third-order valence-electron chi connectivity index (χ3n) is 2.91. The molecule has 0 fully saturated rings. The van der Waals surface area contributed by atoms with Gasteiger partial charge in [0.25, 0.3) is 0 Å². The van der Waals surface area contributed by atoms with E-state index in [-0.39, 0.29) is 6.61 Å². The maximum absolute atomic E-state index is 8.82. The lowest BCUT2D eigenvalue weighted by Crippen LogP contribution is -2.04. The SMILES string of the molecule is Cc1cc(-c2ccccc2)cc(C)c1OCCO. The number of aliphatic hydroxyl groups excluding tert-OH is 1. The largest absolute Gasteiger partial charge is 0.491 e. The lowest BCUT2D eigenvalue weighted by Gasteiger charge is -2.13. The van der Waals surface area contributed by atoms with Crippen molar-refractivity contribution in [1.29, 1.82) is 0 Å². The molecule has 0 atom stereocenters. The van der Waals surface area contributed by atoms with Crippen LogP contribution >= 0.6 is 0 Å². The van der Waals surface area contributed by atoms with Crippen LogP contribution in [0, 0.1) is 13.8 Å². The Hall–Kier alpha value is -1.80. The van der Waals surface area contributed by atoms with E-state index < -0.39 is 0 Å². The molecule has 2 heteroatoms. The molecule has 94 valence electrons. The zero-order valence-corrected chi connectivity index (χ0v) is 10.8. The third kappa shape index (κ3) is 2.71. The highest BCUT2D eigenvalue weighted by Gasteiger charge is 2.07. The summed E-state index contributed by atoms with van der Waals surface area (Å²) in [7, 11) is 0. The Morgan fingerprint density at radius 2 is 1.56 bits per heavy atom. The maximum Gasteiger partial charge on any atom is 0.125 e. The molecule has 2 aromatic rings. The summed E-state index contributed by atoms with van der Waals surface area (Å²) in [5, 5.41) is 8.82. The van der Waals surface area contributed by atoms with Gasteiger partial charge in [-0.25, -0.2) is 0 Å². The van der Waals surface area contributed by atoms with Gasteiger partial charge in [0.05, 0.1) is 6.61 Å². The second-order valence-electron chi connectivity index (χ2n) is 4.38. The molecule has 0 saturated carbocycles. The Bertz CT molecular complexity index is 495. The van der Waals surface area contributed by atoms with Gasteiger partial charge in [-0.3, -0.25) is 0 Å². The van der Waals surface area contributed by atoms with E-state index in [1.54, 1.807) is 0 Å². The van der Waals surface area contributed by atoms with E-state index >= 15 is 0 Å². The fourth-order valence-electron chi connectivity index (χ4n) is 2.12. The van der Waals surface area contributed by atoms with Crippen LogP contribution in [0.5, 0.6) is 5.75 Å². The van der Waals surface area contributed by atoms with Crippen molar-refractivity contribution in [3.05, 3.63) is 53.6 Å². The first-order chi connectivity index (χ1) is 8.72. The molecule has 0 aliphatic rings. The van der Waals surface area contributed by atoms with E-state index in [1.807, 2.05) is 32.0 Å². The van der Waals surface area contributed by atoms with Crippen LogP contribution in [0.3, 0.4) is 0 Å². The highest BCUT2D eigenvalue weighted by molar-refractivity contribution is 5.67. The minimum Gasteiger partial charge on any atom is -0.491 e. The Morgan fingerprint density at radius 3 is 2.11 bits per heavy atom. The molecule has 0 saturated heterocycles.